The van der Waals surface area contributed by atoms with Gasteiger partial charge in [0.1, 0.15) is 6.10 Å². The Morgan fingerprint density at radius 2 is 2.08 bits per heavy atom. The largest absolute Gasteiger partial charge is 0.356 e. The van der Waals surface area contributed by atoms with E-state index in [1.54, 1.807) is 0 Å². The van der Waals surface area contributed by atoms with Crippen LogP contribution in [0.3, 0.4) is 0 Å². The Balaban J connectivity index is 1.56. The van der Waals surface area contributed by atoms with Gasteiger partial charge in [0.15, 0.2) is 12.6 Å². The summed E-state index contributed by atoms with van der Waals surface area (Å²) in [4.78, 5) is 14.6. The normalized spacial score (nSPS) is 40.0. The summed E-state index contributed by atoms with van der Waals surface area (Å²) < 4.78 is 23.1. The quantitative estimate of drug-likeness (QED) is 0.480. The van der Waals surface area contributed by atoms with E-state index >= 15 is 0 Å². The van der Waals surface area contributed by atoms with Crippen LogP contribution >= 0.6 is 0 Å². The minimum Gasteiger partial charge on any atom is -0.356 e. The van der Waals surface area contributed by atoms with Crippen molar-refractivity contribution < 1.29 is 23.7 Å². The van der Waals surface area contributed by atoms with Crippen LogP contribution in [0.25, 0.3) is 10.4 Å². The molecule has 1 aromatic carbocycles. The minimum atomic E-state index is -0.514. The van der Waals surface area contributed by atoms with Gasteiger partial charge in [0.05, 0.1) is 12.7 Å². The molecule has 2 saturated heterocycles. The van der Waals surface area contributed by atoms with E-state index in [1.807, 2.05) is 30.3 Å². The molecule has 1 saturated carbocycles. The lowest BCUT2D eigenvalue weighted by molar-refractivity contribution is -0.316. The number of azide groups is 1. The van der Waals surface area contributed by atoms with Gasteiger partial charge in [-0.2, -0.15) is 0 Å². The second-order valence-corrected chi connectivity index (χ2v) is 6.16. The average molecular weight is 331 g/mol. The molecule has 8 nitrogen and oxygen atoms in total. The van der Waals surface area contributed by atoms with Crippen molar-refractivity contribution in [2.24, 2.45) is 22.9 Å². The SMILES string of the molecule is CO[C@H]1O[C@@H]2CO[C@@H](c3ccccc3)O[C@H]2[C@@H]2[C@@H](C(=O)N=[N+]=[N-])[C@H]12. The Morgan fingerprint density at radius 3 is 2.79 bits per heavy atom. The predicted octanol–water partition coefficient (Wildman–Crippen LogP) is 2.17. The van der Waals surface area contributed by atoms with Gasteiger partial charge in [-0.3, -0.25) is 4.79 Å². The number of carbonyl (C=O) groups is 1. The van der Waals surface area contributed by atoms with E-state index in [2.05, 4.69) is 10.0 Å². The van der Waals surface area contributed by atoms with E-state index in [0.717, 1.165) is 5.56 Å². The van der Waals surface area contributed by atoms with E-state index in [1.165, 1.54) is 7.11 Å². The number of benzene rings is 1. The van der Waals surface area contributed by atoms with Gasteiger partial charge in [-0.15, -0.1) is 0 Å². The number of nitrogens with zero attached hydrogens (tertiary/aromatic N) is 3. The fourth-order valence-electron chi connectivity index (χ4n) is 3.84. The first-order valence-electron chi connectivity index (χ1n) is 7.84. The van der Waals surface area contributed by atoms with Crippen LogP contribution in [-0.4, -0.2) is 38.1 Å². The molecule has 3 aliphatic rings. The number of carbonyl (C=O) groups excluding carboxylic acids is 1. The molecule has 3 fully saturated rings. The molecule has 8 heteroatoms. The van der Waals surface area contributed by atoms with Crippen molar-refractivity contribution in [2.75, 3.05) is 13.7 Å². The summed E-state index contributed by atoms with van der Waals surface area (Å²) in [6, 6.07) is 9.62. The van der Waals surface area contributed by atoms with Gasteiger partial charge in [0.25, 0.3) is 0 Å². The first kappa shape index (κ1) is 15.6. The summed E-state index contributed by atoms with van der Waals surface area (Å²) in [5.41, 5.74) is 9.43. The fourth-order valence-corrected chi connectivity index (χ4v) is 3.84. The van der Waals surface area contributed by atoms with Crippen LogP contribution in [0.15, 0.2) is 35.4 Å². The Kier molecular flexibility index (Phi) is 3.99. The number of hydrogen-bond acceptors (Lipinski definition) is 5. The second kappa shape index (κ2) is 6.16. The molecular weight excluding hydrogens is 314 g/mol. The summed E-state index contributed by atoms with van der Waals surface area (Å²) in [6.45, 7) is 0.357. The maximum atomic E-state index is 12.0. The summed E-state index contributed by atoms with van der Waals surface area (Å²) in [6.07, 6.45) is -1.60. The van der Waals surface area contributed by atoms with Crippen LogP contribution in [0.2, 0.25) is 0 Å². The highest BCUT2D eigenvalue weighted by Crippen LogP contribution is 2.58. The van der Waals surface area contributed by atoms with Crippen molar-refractivity contribution in [3.63, 3.8) is 0 Å². The van der Waals surface area contributed by atoms with Crippen molar-refractivity contribution in [3.05, 3.63) is 46.3 Å². The van der Waals surface area contributed by atoms with Gasteiger partial charge >= 0.3 is 0 Å². The molecule has 1 amide bonds. The second-order valence-electron chi connectivity index (χ2n) is 6.16. The molecule has 1 aliphatic carbocycles. The van der Waals surface area contributed by atoms with Crippen LogP contribution in [0.5, 0.6) is 0 Å². The van der Waals surface area contributed by atoms with Crippen molar-refractivity contribution in [1.29, 1.82) is 0 Å². The van der Waals surface area contributed by atoms with Crippen LogP contribution in [0.1, 0.15) is 11.9 Å². The van der Waals surface area contributed by atoms with Gasteiger partial charge in [-0.1, -0.05) is 30.3 Å². The predicted molar refractivity (Wildman–Crippen MR) is 80.3 cm³/mol. The monoisotopic (exact) mass is 331 g/mol. The summed E-state index contributed by atoms with van der Waals surface area (Å²) in [5, 5.41) is 3.24. The number of methoxy groups -OCH3 is 1. The molecule has 0 radical (unpaired) electrons. The number of amides is 1. The smallest absolute Gasteiger partial charge is 0.222 e. The lowest BCUT2D eigenvalue weighted by atomic mass is 10.0. The van der Waals surface area contributed by atoms with Crippen LogP contribution in [-0.2, 0) is 23.7 Å². The van der Waals surface area contributed by atoms with E-state index in [4.69, 9.17) is 24.5 Å². The fraction of sp³-hybridized carbons (Fsp3) is 0.562. The van der Waals surface area contributed by atoms with Crippen LogP contribution in [0.4, 0.5) is 0 Å². The molecule has 0 spiro atoms. The third kappa shape index (κ3) is 2.49. The molecule has 0 aromatic heterocycles. The van der Waals surface area contributed by atoms with Crippen molar-refractivity contribution in [3.8, 4) is 0 Å². The highest BCUT2D eigenvalue weighted by atomic mass is 16.7. The molecule has 0 N–H and O–H groups in total. The zero-order valence-electron chi connectivity index (χ0n) is 13.0. The lowest BCUT2D eigenvalue weighted by Gasteiger charge is -2.41. The third-order valence-electron chi connectivity index (χ3n) is 4.93. The summed E-state index contributed by atoms with van der Waals surface area (Å²) >= 11 is 0. The van der Waals surface area contributed by atoms with E-state index < -0.39 is 24.4 Å². The summed E-state index contributed by atoms with van der Waals surface area (Å²) in [5.74, 6) is -1.13. The number of fused-ring (bicyclic) bond motifs is 3. The van der Waals surface area contributed by atoms with Crippen molar-refractivity contribution in [1.82, 2.24) is 0 Å². The molecule has 0 bridgehead atoms. The van der Waals surface area contributed by atoms with Gasteiger partial charge in [0.2, 0.25) is 5.91 Å². The third-order valence-corrected chi connectivity index (χ3v) is 4.93. The number of hydrogen-bond donors (Lipinski definition) is 0. The Morgan fingerprint density at radius 1 is 1.29 bits per heavy atom. The molecule has 2 aliphatic heterocycles. The molecule has 1 aromatic rings. The highest BCUT2D eigenvalue weighted by Gasteiger charge is 2.68. The zero-order chi connectivity index (χ0) is 16.7. The zero-order valence-corrected chi connectivity index (χ0v) is 13.0. The minimum absolute atomic E-state index is 0.0817. The van der Waals surface area contributed by atoms with E-state index in [-0.39, 0.29) is 24.0 Å². The van der Waals surface area contributed by atoms with Gasteiger partial charge in [0, 0.05) is 35.3 Å². The maximum Gasteiger partial charge on any atom is 0.222 e. The van der Waals surface area contributed by atoms with Crippen LogP contribution < -0.4 is 0 Å². The molecule has 24 heavy (non-hydrogen) atoms. The average Bonchev–Trinajstić information content (AvgIpc) is 3.38. The maximum absolute atomic E-state index is 12.0. The number of ether oxygens (including phenoxy) is 4. The van der Waals surface area contributed by atoms with Gasteiger partial charge in [-0.05, 0) is 10.6 Å². The molecule has 126 valence electrons. The molecule has 7 atom stereocenters. The lowest BCUT2D eigenvalue weighted by Crippen LogP contribution is -2.49. The Bertz CT molecular complexity index is 678. The number of rotatable bonds is 3. The molecule has 0 unspecified atom stereocenters. The first-order valence-corrected chi connectivity index (χ1v) is 7.84. The standard InChI is InChI=1S/C16H17N3O5/c1-21-16-12-10(11(12)14(20)18-19-17)13-9(23-16)7-22-15(24-13)8-5-3-2-4-6-8/h2-6,9-13,15-16H,7H2,1H3/t9-,10-,11-,12-,13-,15-,16+/m1/s1. The molecular formula is C16H17N3O5. The van der Waals surface area contributed by atoms with Gasteiger partial charge in [-0.25, -0.2) is 0 Å². The van der Waals surface area contributed by atoms with Crippen molar-refractivity contribution >= 4 is 5.91 Å². The van der Waals surface area contributed by atoms with E-state index in [0.29, 0.717) is 6.61 Å². The molecule has 4 rings (SSSR count). The molecule has 2 heterocycles. The van der Waals surface area contributed by atoms with E-state index in [9.17, 15) is 4.79 Å². The first-order chi connectivity index (χ1) is 11.7. The summed E-state index contributed by atoms with van der Waals surface area (Å²) in [7, 11) is 1.53. The Hall–Kier alpha value is -1.96. The van der Waals surface area contributed by atoms with Crippen LogP contribution in [0, 0.1) is 17.8 Å². The topological polar surface area (TPSA) is 103 Å². The van der Waals surface area contributed by atoms with Crippen molar-refractivity contribution in [2.45, 2.75) is 24.8 Å². The van der Waals surface area contributed by atoms with Gasteiger partial charge < -0.3 is 18.9 Å². The highest BCUT2D eigenvalue weighted by molar-refractivity contribution is 5.83. The Labute approximate surface area is 138 Å².